The number of rotatable bonds is 3. The Morgan fingerprint density at radius 1 is 1.23 bits per heavy atom. The molecule has 1 aromatic carbocycles. The van der Waals surface area contributed by atoms with Gasteiger partial charge in [0.1, 0.15) is 0 Å². The zero-order valence-corrected chi connectivity index (χ0v) is 12.4. The second-order valence-corrected chi connectivity index (χ2v) is 4.90. The van der Waals surface area contributed by atoms with Gasteiger partial charge in [0.25, 0.3) is 0 Å². The first kappa shape index (κ1) is 14.5. The number of ether oxygens (including phenoxy) is 2. The Balaban J connectivity index is 1.99. The van der Waals surface area contributed by atoms with Gasteiger partial charge in [0.05, 0.1) is 38.4 Å². The van der Waals surface area contributed by atoms with E-state index in [1.807, 2.05) is 24.3 Å². The van der Waals surface area contributed by atoms with E-state index in [4.69, 9.17) is 9.47 Å². The van der Waals surface area contributed by atoms with Gasteiger partial charge < -0.3 is 14.4 Å². The molecule has 1 aromatic heterocycles. The fourth-order valence-corrected chi connectivity index (χ4v) is 2.47. The van der Waals surface area contributed by atoms with Crippen LogP contribution in [-0.4, -0.2) is 49.4 Å². The highest BCUT2D eigenvalue weighted by Gasteiger charge is 2.17. The molecule has 3 rings (SSSR count). The van der Waals surface area contributed by atoms with Gasteiger partial charge in [-0.05, 0) is 6.07 Å². The summed E-state index contributed by atoms with van der Waals surface area (Å²) in [5.41, 5.74) is 2.88. The Bertz CT molecular complexity index is 669. The van der Waals surface area contributed by atoms with Gasteiger partial charge in [0, 0.05) is 24.3 Å². The minimum absolute atomic E-state index is 0.205. The highest BCUT2D eigenvalue weighted by Crippen LogP contribution is 2.29. The van der Waals surface area contributed by atoms with E-state index in [2.05, 4.69) is 14.9 Å². The van der Waals surface area contributed by atoms with E-state index in [-0.39, 0.29) is 5.69 Å². The van der Waals surface area contributed by atoms with E-state index in [1.165, 1.54) is 13.3 Å². The van der Waals surface area contributed by atoms with Crippen molar-refractivity contribution < 1.29 is 14.3 Å². The smallest absolute Gasteiger partial charge is 0.358 e. The minimum Gasteiger partial charge on any atom is -0.464 e. The first-order valence-electron chi connectivity index (χ1n) is 7.12. The van der Waals surface area contributed by atoms with Crippen molar-refractivity contribution >= 4 is 11.7 Å². The van der Waals surface area contributed by atoms with Gasteiger partial charge in [-0.1, -0.05) is 18.2 Å². The summed E-state index contributed by atoms with van der Waals surface area (Å²) >= 11 is 0. The SMILES string of the molecule is COC(=O)c1cncc(-c2ccccc2N2CCOCC2)n1. The quantitative estimate of drug-likeness (QED) is 0.805. The van der Waals surface area contributed by atoms with Crippen LogP contribution >= 0.6 is 0 Å². The number of hydrogen-bond acceptors (Lipinski definition) is 6. The Hall–Kier alpha value is -2.47. The summed E-state index contributed by atoms with van der Waals surface area (Å²) in [5.74, 6) is -0.488. The van der Waals surface area contributed by atoms with Crippen LogP contribution in [-0.2, 0) is 9.47 Å². The molecule has 2 aromatic rings. The van der Waals surface area contributed by atoms with E-state index in [0.29, 0.717) is 18.9 Å². The average molecular weight is 299 g/mol. The Morgan fingerprint density at radius 3 is 2.77 bits per heavy atom. The molecule has 114 valence electrons. The van der Waals surface area contributed by atoms with Crippen molar-refractivity contribution in [2.75, 3.05) is 38.3 Å². The molecule has 0 bridgehead atoms. The maximum atomic E-state index is 11.6. The number of para-hydroxylation sites is 1. The second-order valence-electron chi connectivity index (χ2n) is 4.90. The number of benzene rings is 1. The van der Waals surface area contributed by atoms with Crippen molar-refractivity contribution in [1.29, 1.82) is 0 Å². The van der Waals surface area contributed by atoms with E-state index < -0.39 is 5.97 Å². The van der Waals surface area contributed by atoms with Crippen LogP contribution in [0, 0.1) is 0 Å². The van der Waals surface area contributed by atoms with E-state index in [1.54, 1.807) is 6.20 Å². The highest BCUT2D eigenvalue weighted by molar-refractivity contribution is 5.88. The molecule has 1 aliphatic rings. The van der Waals surface area contributed by atoms with Crippen molar-refractivity contribution in [2.45, 2.75) is 0 Å². The third-order valence-electron chi connectivity index (χ3n) is 3.56. The van der Waals surface area contributed by atoms with Crippen molar-refractivity contribution in [2.24, 2.45) is 0 Å². The lowest BCUT2D eigenvalue weighted by atomic mass is 10.1. The average Bonchev–Trinajstić information content (AvgIpc) is 2.62. The predicted molar refractivity (Wildman–Crippen MR) is 81.8 cm³/mol. The molecule has 1 fully saturated rings. The van der Waals surface area contributed by atoms with E-state index in [9.17, 15) is 4.79 Å². The lowest BCUT2D eigenvalue weighted by molar-refractivity contribution is 0.0593. The normalized spacial score (nSPS) is 14.7. The number of anilines is 1. The molecule has 6 nitrogen and oxygen atoms in total. The van der Waals surface area contributed by atoms with E-state index in [0.717, 1.165) is 24.3 Å². The van der Waals surface area contributed by atoms with Crippen molar-refractivity contribution in [1.82, 2.24) is 9.97 Å². The molecule has 1 saturated heterocycles. The topological polar surface area (TPSA) is 64.5 Å². The molecular formula is C16H17N3O3. The monoisotopic (exact) mass is 299 g/mol. The summed E-state index contributed by atoms with van der Waals surface area (Å²) in [6.45, 7) is 3.09. The predicted octanol–water partition coefficient (Wildman–Crippen LogP) is 1.77. The minimum atomic E-state index is -0.488. The molecule has 2 heterocycles. The van der Waals surface area contributed by atoms with Gasteiger partial charge in [-0.3, -0.25) is 4.98 Å². The summed E-state index contributed by atoms with van der Waals surface area (Å²) in [6, 6.07) is 7.97. The lowest BCUT2D eigenvalue weighted by Crippen LogP contribution is -2.36. The van der Waals surface area contributed by atoms with Gasteiger partial charge in [-0.15, -0.1) is 0 Å². The number of carbonyl (C=O) groups is 1. The standard InChI is InChI=1S/C16H17N3O3/c1-21-16(20)14-11-17-10-13(18-14)12-4-2-3-5-15(12)19-6-8-22-9-7-19/h2-5,10-11H,6-9H2,1H3. The van der Waals surface area contributed by atoms with Crippen LogP contribution in [0.25, 0.3) is 11.3 Å². The van der Waals surface area contributed by atoms with Crippen LogP contribution in [0.5, 0.6) is 0 Å². The summed E-state index contributed by atoms with van der Waals surface area (Å²) in [7, 11) is 1.33. The summed E-state index contributed by atoms with van der Waals surface area (Å²) in [4.78, 5) is 22.4. The maximum Gasteiger partial charge on any atom is 0.358 e. The van der Waals surface area contributed by atoms with Crippen LogP contribution in [0.1, 0.15) is 10.5 Å². The Morgan fingerprint density at radius 2 is 2.00 bits per heavy atom. The van der Waals surface area contributed by atoms with E-state index >= 15 is 0 Å². The molecule has 22 heavy (non-hydrogen) atoms. The largest absolute Gasteiger partial charge is 0.464 e. The van der Waals surface area contributed by atoms with Crippen LogP contribution < -0.4 is 4.90 Å². The first-order valence-corrected chi connectivity index (χ1v) is 7.12. The molecule has 0 unspecified atom stereocenters. The van der Waals surface area contributed by atoms with Crippen molar-refractivity contribution in [3.63, 3.8) is 0 Å². The third kappa shape index (κ3) is 2.92. The van der Waals surface area contributed by atoms with Gasteiger partial charge in [0.15, 0.2) is 5.69 Å². The summed E-state index contributed by atoms with van der Waals surface area (Å²) < 4.78 is 10.1. The van der Waals surface area contributed by atoms with Crippen LogP contribution in [0.2, 0.25) is 0 Å². The van der Waals surface area contributed by atoms with Gasteiger partial charge in [0.2, 0.25) is 0 Å². The van der Waals surface area contributed by atoms with Gasteiger partial charge in [-0.2, -0.15) is 0 Å². The molecule has 0 saturated carbocycles. The lowest BCUT2D eigenvalue weighted by Gasteiger charge is -2.30. The molecule has 0 N–H and O–H groups in total. The number of hydrogen-bond donors (Lipinski definition) is 0. The highest BCUT2D eigenvalue weighted by atomic mass is 16.5. The maximum absolute atomic E-state index is 11.6. The molecule has 0 atom stereocenters. The summed E-state index contributed by atoms with van der Waals surface area (Å²) in [6.07, 6.45) is 3.07. The molecule has 0 spiro atoms. The molecule has 0 radical (unpaired) electrons. The molecule has 6 heteroatoms. The zero-order valence-electron chi connectivity index (χ0n) is 12.4. The fourth-order valence-electron chi connectivity index (χ4n) is 2.47. The molecular weight excluding hydrogens is 282 g/mol. The summed E-state index contributed by atoms with van der Waals surface area (Å²) in [5, 5.41) is 0. The number of methoxy groups -OCH3 is 1. The van der Waals surface area contributed by atoms with Gasteiger partial charge >= 0.3 is 5.97 Å². The van der Waals surface area contributed by atoms with Gasteiger partial charge in [-0.25, -0.2) is 9.78 Å². The second kappa shape index (κ2) is 6.53. The Labute approximate surface area is 128 Å². The van der Waals surface area contributed by atoms with Crippen molar-refractivity contribution in [3.05, 3.63) is 42.4 Å². The van der Waals surface area contributed by atoms with Crippen molar-refractivity contribution in [3.8, 4) is 11.3 Å². The van der Waals surface area contributed by atoms with Crippen LogP contribution in [0.4, 0.5) is 5.69 Å². The number of esters is 1. The number of carbonyl (C=O) groups excluding carboxylic acids is 1. The van der Waals surface area contributed by atoms with Crippen LogP contribution in [0.3, 0.4) is 0 Å². The van der Waals surface area contributed by atoms with Crippen LogP contribution in [0.15, 0.2) is 36.7 Å². The number of nitrogens with zero attached hydrogens (tertiary/aromatic N) is 3. The fraction of sp³-hybridized carbons (Fsp3) is 0.312. The molecule has 0 aliphatic carbocycles. The zero-order chi connectivity index (χ0) is 15.4. The Kier molecular flexibility index (Phi) is 4.29. The third-order valence-corrected chi connectivity index (χ3v) is 3.56. The number of morpholine rings is 1. The molecule has 0 amide bonds. The first-order chi connectivity index (χ1) is 10.8. The molecule has 1 aliphatic heterocycles. The number of aromatic nitrogens is 2.